The zero-order chi connectivity index (χ0) is 31.8. The summed E-state index contributed by atoms with van der Waals surface area (Å²) in [6.45, 7) is 2.30. The number of carboxylic acid groups (broad SMARTS) is 1. The molecule has 2 amide bonds. The van der Waals surface area contributed by atoms with Gasteiger partial charge in [-0.3, -0.25) is 4.79 Å². The fraction of sp³-hybridized carbons (Fsp3) is 0.459. The summed E-state index contributed by atoms with van der Waals surface area (Å²) in [5.74, 6) is 1.17. The quantitative estimate of drug-likeness (QED) is 0.0692. The number of hydrogen-bond donors (Lipinski definition) is 3. The van der Waals surface area contributed by atoms with Crippen LogP contribution in [0.25, 0.3) is 0 Å². The molecule has 0 aromatic heterocycles. The molecular weight excluding hydrogens is 584 g/mol. The van der Waals surface area contributed by atoms with Crippen LogP contribution in [0, 0.1) is 0 Å². The van der Waals surface area contributed by atoms with Crippen molar-refractivity contribution in [2.24, 2.45) is 0 Å². The number of thioether (sulfide) groups is 1. The highest BCUT2D eigenvalue weighted by Gasteiger charge is 2.36. The molecule has 0 aliphatic rings. The molecule has 45 heavy (non-hydrogen) atoms. The predicted octanol–water partition coefficient (Wildman–Crippen LogP) is 7.64. The third-order valence-corrected chi connectivity index (χ3v) is 9.25. The van der Waals surface area contributed by atoms with Gasteiger partial charge in [0, 0.05) is 19.5 Å². The fourth-order valence-corrected chi connectivity index (χ4v) is 6.91. The molecule has 3 aromatic carbocycles. The number of benzene rings is 3. The molecule has 3 aromatic rings. The maximum Gasteiger partial charge on any atom is 0.404 e. The van der Waals surface area contributed by atoms with Crippen molar-refractivity contribution in [3.8, 4) is 0 Å². The molecule has 0 unspecified atom stereocenters. The molecule has 0 aliphatic carbocycles. The Balaban J connectivity index is 1.24. The molecule has 7 nitrogen and oxygen atoms in total. The number of ether oxygens (including phenoxy) is 2. The number of nitrogens with one attached hydrogen (secondary N) is 2. The third kappa shape index (κ3) is 13.7. The van der Waals surface area contributed by atoms with Crippen molar-refractivity contribution >= 4 is 23.8 Å². The largest absolute Gasteiger partial charge is 0.465 e. The number of amides is 2. The predicted molar refractivity (Wildman–Crippen MR) is 184 cm³/mol. The maximum atomic E-state index is 12.0. The van der Waals surface area contributed by atoms with Gasteiger partial charge in [-0.05, 0) is 35.3 Å². The maximum absolute atomic E-state index is 12.0. The van der Waals surface area contributed by atoms with Gasteiger partial charge in [0.2, 0.25) is 5.91 Å². The van der Waals surface area contributed by atoms with Crippen LogP contribution in [0.15, 0.2) is 91.0 Å². The van der Waals surface area contributed by atoms with Crippen molar-refractivity contribution in [1.29, 1.82) is 0 Å². The summed E-state index contributed by atoms with van der Waals surface area (Å²) in [6, 6.07) is 32.7. The van der Waals surface area contributed by atoms with Gasteiger partial charge in [-0.15, -0.1) is 11.8 Å². The van der Waals surface area contributed by atoms with E-state index in [9.17, 15) is 9.59 Å². The minimum Gasteiger partial charge on any atom is -0.465 e. The number of hydrogen-bond acceptors (Lipinski definition) is 5. The molecule has 0 atom stereocenters. The number of carbonyl (C=O) groups is 2. The van der Waals surface area contributed by atoms with Crippen molar-refractivity contribution in [3.63, 3.8) is 0 Å². The lowest BCUT2D eigenvalue weighted by Gasteiger charge is -2.35. The Labute approximate surface area is 273 Å². The van der Waals surface area contributed by atoms with E-state index in [1.807, 2.05) is 11.8 Å². The van der Waals surface area contributed by atoms with Gasteiger partial charge in [0.25, 0.3) is 0 Å². The number of unbranched alkanes of at least 4 members (excludes halogenated alkanes) is 7. The molecule has 0 aliphatic heterocycles. The Bertz CT molecular complexity index is 1100. The van der Waals surface area contributed by atoms with E-state index in [4.69, 9.17) is 14.6 Å². The zero-order valence-electron chi connectivity index (χ0n) is 26.5. The Kier molecular flexibility index (Phi) is 17.8. The first kappa shape index (κ1) is 36.1. The van der Waals surface area contributed by atoms with Crippen LogP contribution in [0.2, 0.25) is 0 Å². The van der Waals surface area contributed by atoms with Crippen molar-refractivity contribution in [1.82, 2.24) is 10.6 Å². The van der Waals surface area contributed by atoms with Crippen LogP contribution in [0.4, 0.5) is 4.79 Å². The highest BCUT2D eigenvalue weighted by Crippen LogP contribution is 2.48. The van der Waals surface area contributed by atoms with Crippen LogP contribution in [0.5, 0.6) is 0 Å². The average molecular weight is 635 g/mol. The second-order valence-corrected chi connectivity index (χ2v) is 12.3. The minimum atomic E-state index is -1.06. The van der Waals surface area contributed by atoms with Crippen LogP contribution < -0.4 is 10.6 Å². The SMILES string of the molecule is O=C(O)NCCOCCOCCNC(=O)CCCCCCCCCCSC(c1ccccc1)(c1ccccc1)c1ccccc1. The molecule has 0 spiro atoms. The first-order chi connectivity index (χ1) is 22.1. The Morgan fingerprint density at radius 2 is 1.00 bits per heavy atom. The second kappa shape index (κ2) is 22.2. The Morgan fingerprint density at radius 3 is 1.47 bits per heavy atom. The van der Waals surface area contributed by atoms with Gasteiger partial charge in [0.05, 0.1) is 31.2 Å². The lowest BCUT2D eigenvalue weighted by Crippen LogP contribution is -2.27. The summed E-state index contributed by atoms with van der Waals surface area (Å²) in [4.78, 5) is 22.4. The van der Waals surface area contributed by atoms with Gasteiger partial charge >= 0.3 is 6.09 Å². The normalized spacial score (nSPS) is 11.3. The van der Waals surface area contributed by atoms with Gasteiger partial charge < -0.3 is 25.2 Å². The van der Waals surface area contributed by atoms with Gasteiger partial charge in [0.15, 0.2) is 0 Å². The van der Waals surface area contributed by atoms with E-state index in [1.54, 1.807) is 0 Å². The molecule has 0 saturated heterocycles. The molecule has 0 saturated carbocycles. The van der Waals surface area contributed by atoms with E-state index in [2.05, 4.69) is 102 Å². The third-order valence-electron chi connectivity index (χ3n) is 7.62. The van der Waals surface area contributed by atoms with Crippen molar-refractivity contribution < 1.29 is 24.2 Å². The van der Waals surface area contributed by atoms with E-state index < -0.39 is 6.09 Å². The fourth-order valence-electron chi connectivity index (χ4n) is 5.35. The topological polar surface area (TPSA) is 96.9 Å². The van der Waals surface area contributed by atoms with E-state index in [1.165, 1.54) is 55.2 Å². The second-order valence-electron chi connectivity index (χ2n) is 11.0. The number of carbonyl (C=O) groups excluding carboxylic acids is 1. The first-order valence-corrected chi connectivity index (χ1v) is 17.3. The van der Waals surface area contributed by atoms with E-state index >= 15 is 0 Å². The van der Waals surface area contributed by atoms with E-state index in [0.717, 1.165) is 18.6 Å². The van der Waals surface area contributed by atoms with Crippen LogP contribution in [0.1, 0.15) is 74.5 Å². The van der Waals surface area contributed by atoms with Crippen molar-refractivity contribution in [3.05, 3.63) is 108 Å². The smallest absolute Gasteiger partial charge is 0.404 e. The summed E-state index contributed by atoms with van der Waals surface area (Å²) >= 11 is 2.05. The zero-order valence-corrected chi connectivity index (χ0v) is 27.3. The first-order valence-electron chi connectivity index (χ1n) is 16.3. The average Bonchev–Trinajstić information content (AvgIpc) is 3.07. The van der Waals surface area contributed by atoms with E-state index in [0.29, 0.717) is 39.4 Å². The van der Waals surface area contributed by atoms with E-state index in [-0.39, 0.29) is 17.2 Å². The summed E-state index contributed by atoms with van der Waals surface area (Å²) in [5.41, 5.74) is 3.96. The Hall–Kier alpha value is -3.33. The molecule has 3 N–H and O–H groups in total. The summed E-state index contributed by atoms with van der Waals surface area (Å²) in [5, 5.41) is 13.6. The summed E-state index contributed by atoms with van der Waals surface area (Å²) in [6.07, 6.45) is 8.82. The van der Waals surface area contributed by atoms with Crippen molar-refractivity contribution in [2.75, 3.05) is 45.3 Å². The molecule has 0 heterocycles. The van der Waals surface area contributed by atoms with Crippen LogP contribution >= 0.6 is 11.8 Å². The highest BCUT2D eigenvalue weighted by atomic mass is 32.2. The molecular formula is C37H50N2O5S. The van der Waals surface area contributed by atoms with Crippen LogP contribution in [-0.4, -0.2) is 62.4 Å². The minimum absolute atomic E-state index is 0.0738. The monoisotopic (exact) mass is 634 g/mol. The molecule has 0 fully saturated rings. The molecule has 8 heteroatoms. The molecule has 0 bridgehead atoms. The van der Waals surface area contributed by atoms with Gasteiger partial charge in [-0.25, -0.2) is 4.79 Å². The van der Waals surface area contributed by atoms with Crippen molar-refractivity contribution in [2.45, 2.75) is 62.5 Å². The van der Waals surface area contributed by atoms with Gasteiger partial charge in [-0.1, -0.05) is 130 Å². The highest BCUT2D eigenvalue weighted by molar-refractivity contribution is 8.00. The molecule has 244 valence electrons. The van der Waals surface area contributed by atoms with Crippen LogP contribution in [0.3, 0.4) is 0 Å². The standard InChI is InChI=1S/C37H50N2O5S/c40-35(38-25-27-43-29-30-44-28-26-39-36(41)42)24-16-5-3-1-2-4-6-17-31-45-37(32-18-10-7-11-19-32,33-20-12-8-13-21-33)34-22-14-9-15-23-34/h7-15,18-23,39H,1-6,16-17,24-31H2,(H,38,40)(H,41,42). The lowest BCUT2D eigenvalue weighted by atomic mass is 9.84. The van der Waals surface area contributed by atoms with Crippen LogP contribution in [-0.2, 0) is 19.0 Å². The van der Waals surface area contributed by atoms with Gasteiger partial charge in [0.1, 0.15) is 0 Å². The summed E-state index contributed by atoms with van der Waals surface area (Å²) < 4.78 is 10.4. The lowest BCUT2D eigenvalue weighted by molar-refractivity contribution is -0.121. The molecule has 0 radical (unpaired) electrons. The molecule has 3 rings (SSSR count). The number of rotatable bonds is 24. The summed E-state index contributed by atoms with van der Waals surface area (Å²) in [7, 11) is 0. The Morgan fingerprint density at radius 1 is 0.578 bits per heavy atom. The van der Waals surface area contributed by atoms with Gasteiger partial charge in [-0.2, -0.15) is 0 Å².